The average molecular weight is 566 g/mol. The highest BCUT2D eigenvalue weighted by molar-refractivity contribution is 14.0. The number of aryl methyl sites for hydroxylation is 1. The normalized spacial score (nSPS) is 14.3. The zero-order valence-corrected chi connectivity index (χ0v) is 22.2. The highest BCUT2D eigenvalue weighted by Gasteiger charge is 2.21. The largest absolute Gasteiger partial charge is 0.497 e. The van der Waals surface area contributed by atoms with E-state index >= 15 is 0 Å². The average Bonchev–Trinajstić information content (AvgIpc) is 2.82. The first-order chi connectivity index (χ1) is 15.4. The SMILES string of the molecule is COc1ccc(CN=C(NCC(=O)N(C)C)NC2CCN(c3ccc(C)cn3)CC2)cc1.I. The van der Waals surface area contributed by atoms with Crippen LogP contribution in [0, 0.1) is 6.92 Å². The molecule has 1 saturated heterocycles. The van der Waals surface area contributed by atoms with Crippen molar-refractivity contribution in [3.8, 4) is 5.75 Å². The molecular weight excluding hydrogens is 531 g/mol. The summed E-state index contributed by atoms with van der Waals surface area (Å²) in [6.07, 6.45) is 3.86. The summed E-state index contributed by atoms with van der Waals surface area (Å²) in [7, 11) is 5.15. The minimum absolute atomic E-state index is 0. The summed E-state index contributed by atoms with van der Waals surface area (Å²) in [5, 5.41) is 6.71. The monoisotopic (exact) mass is 566 g/mol. The summed E-state index contributed by atoms with van der Waals surface area (Å²) < 4.78 is 5.22. The number of carbonyl (C=O) groups excluding carboxylic acids is 1. The molecule has 0 saturated carbocycles. The van der Waals surface area contributed by atoms with E-state index in [9.17, 15) is 4.79 Å². The number of ether oxygens (including phenoxy) is 1. The smallest absolute Gasteiger partial charge is 0.241 e. The van der Waals surface area contributed by atoms with Gasteiger partial charge in [-0.25, -0.2) is 9.98 Å². The third-order valence-corrected chi connectivity index (χ3v) is 5.54. The molecule has 0 atom stereocenters. The van der Waals surface area contributed by atoms with Gasteiger partial charge in [-0.2, -0.15) is 0 Å². The van der Waals surface area contributed by atoms with Crippen molar-refractivity contribution in [2.45, 2.75) is 32.4 Å². The van der Waals surface area contributed by atoms with Gasteiger partial charge in [-0.05, 0) is 49.1 Å². The van der Waals surface area contributed by atoms with Crippen molar-refractivity contribution in [2.75, 3.05) is 45.7 Å². The van der Waals surface area contributed by atoms with Gasteiger partial charge in [-0.15, -0.1) is 24.0 Å². The van der Waals surface area contributed by atoms with E-state index in [1.165, 1.54) is 5.56 Å². The van der Waals surface area contributed by atoms with E-state index in [-0.39, 0.29) is 42.5 Å². The Kier molecular flexibility index (Phi) is 10.7. The zero-order chi connectivity index (χ0) is 22.9. The van der Waals surface area contributed by atoms with Gasteiger partial charge in [-0.3, -0.25) is 4.79 Å². The number of aromatic nitrogens is 1. The number of rotatable bonds is 7. The van der Waals surface area contributed by atoms with E-state index in [2.05, 4.69) is 32.7 Å². The highest BCUT2D eigenvalue weighted by atomic mass is 127. The Morgan fingerprint density at radius 2 is 1.88 bits per heavy atom. The lowest BCUT2D eigenvalue weighted by Crippen LogP contribution is -2.50. The minimum atomic E-state index is 0. The number of piperidine rings is 1. The Morgan fingerprint density at radius 3 is 2.45 bits per heavy atom. The molecule has 0 radical (unpaired) electrons. The lowest BCUT2D eigenvalue weighted by Gasteiger charge is -2.34. The van der Waals surface area contributed by atoms with Crippen LogP contribution in [0.1, 0.15) is 24.0 Å². The van der Waals surface area contributed by atoms with Crippen LogP contribution >= 0.6 is 24.0 Å². The number of benzene rings is 1. The molecule has 0 spiro atoms. The molecule has 8 nitrogen and oxygen atoms in total. The number of methoxy groups -OCH3 is 1. The Morgan fingerprint density at radius 1 is 1.18 bits per heavy atom. The van der Waals surface area contributed by atoms with Crippen molar-refractivity contribution in [3.05, 3.63) is 53.7 Å². The molecule has 9 heteroatoms. The topological polar surface area (TPSA) is 82.1 Å². The van der Waals surface area contributed by atoms with Crippen molar-refractivity contribution in [1.82, 2.24) is 20.5 Å². The lowest BCUT2D eigenvalue weighted by molar-refractivity contribution is -0.127. The number of likely N-dealkylation sites (N-methyl/N-ethyl adjacent to an activating group) is 1. The van der Waals surface area contributed by atoms with Gasteiger partial charge in [0.05, 0.1) is 20.2 Å². The van der Waals surface area contributed by atoms with Crippen LogP contribution in [0.3, 0.4) is 0 Å². The first-order valence-corrected chi connectivity index (χ1v) is 11.0. The number of pyridine rings is 1. The van der Waals surface area contributed by atoms with E-state index in [0.29, 0.717) is 12.5 Å². The van der Waals surface area contributed by atoms with Crippen molar-refractivity contribution in [1.29, 1.82) is 0 Å². The maximum absolute atomic E-state index is 12.1. The summed E-state index contributed by atoms with van der Waals surface area (Å²) in [6, 6.07) is 12.3. The van der Waals surface area contributed by atoms with Crippen LogP contribution in [0.5, 0.6) is 5.75 Å². The fourth-order valence-corrected chi connectivity index (χ4v) is 3.46. The molecule has 2 heterocycles. The van der Waals surface area contributed by atoms with Gasteiger partial charge in [0.25, 0.3) is 0 Å². The van der Waals surface area contributed by atoms with Crippen LogP contribution in [0.15, 0.2) is 47.6 Å². The summed E-state index contributed by atoms with van der Waals surface area (Å²) in [5.74, 6) is 2.50. The van der Waals surface area contributed by atoms with Crippen molar-refractivity contribution in [2.24, 2.45) is 4.99 Å². The number of guanidine groups is 1. The quantitative estimate of drug-likeness (QED) is 0.305. The third kappa shape index (κ3) is 8.38. The molecule has 1 aliphatic rings. The standard InChI is InChI=1S/C24H34N6O2.HI/c1-18-5-10-22(25-15-18)30-13-11-20(12-14-30)28-24(27-17-23(31)29(2)3)26-16-19-6-8-21(32-4)9-7-19;/h5-10,15,20H,11-14,16-17H2,1-4H3,(H2,26,27,28);1H. The molecule has 180 valence electrons. The summed E-state index contributed by atoms with van der Waals surface area (Å²) in [5.41, 5.74) is 2.24. The van der Waals surface area contributed by atoms with E-state index in [0.717, 1.165) is 43.1 Å². The predicted octanol–water partition coefficient (Wildman–Crippen LogP) is 2.81. The fourth-order valence-electron chi connectivity index (χ4n) is 3.46. The molecule has 2 aromatic rings. The first kappa shape index (κ1) is 26.7. The van der Waals surface area contributed by atoms with Gasteiger partial charge >= 0.3 is 0 Å². The van der Waals surface area contributed by atoms with E-state index in [1.807, 2.05) is 37.4 Å². The van der Waals surface area contributed by atoms with Gasteiger partial charge in [-0.1, -0.05) is 18.2 Å². The highest BCUT2D eigenvalue weighted by Crippen LogP contribution is 2.18. The number of aliphatic imine (C=N–C) groups is 1. The molecule has 33 heavy (non-hydrogen) atoms. The number of nitrogens with one attached hydrogen (secondary N) is 2. The maximum atomic E-state index is 12.1. The van der Waals surface area contributed by atoms with Crippen molar-refractivity contribution >= 4 is 41.7 Å². The number of carbonyl (C=O) groups is 1. The molecule has 1 aromatic carbocycles. The van der Waals surface area contributed by atoms with Gasteiger partial charge in [0.15, 0.2) is 5.96 Å². The molecule has 1 amide bonds. The first-order valence-electron chi connectivity index (χ1n) is 11.0. The summed E-state index contributed by atoms with van der Waals surface area (Å²) in [4.78, 5) is 25.2. The van der Waals surface area contributed by atoms with Crippen molar-refractivity contribution < 1.29 is 9.53 Å². The van der Waals surface area contributed by atoms with Crippen LogP contribution < -0.4 is 20.3 Å². The van der Waals surface area contributed by atoms with E-state index < -0.39 is 0 Å². The second-order valence-corrected chi connectivity index (χ2v) is 8.25. The number of hydrogen-bond donors (Lipinski definition) is 2. The van der Waals surface area contributed by atoms with Crippen LogP contribution in [-0.4, -0.2) is 68.6 Å². The second kappa shape index (κ2) is 13.2. The molecule has 3 rings (SSSR count). The molecule has 0 unspecified atom stereocenters. The molecule has 1 aliphatic heterocycles. The lowest BCUT2D eigenvalue weighted by atomic mass is 10.1. The summed E-state index contributed by atoms with van der Waals surface area (Å²) in [6.45, 7) is 4.62. The van der Waals surface area contributed by atoms with Gasteiger partial charge in [0.2, 0.25) is 5.91 Å². The van der Waals surface area contributed by atoms with E-state index in [4.69, 9.17) is 9.73 Å². The van der Waals surface area contributed by atoms with Crippen molar-refractivity contribution in [3.63, 3.8) is 0 Å². The third-order valence-electron chi connectivity index (χ3n) is 5.54. The van der Waals surface area contributed by atoms with Crippen LogP contribution in [0.4, 0.5) is 5.82 Å². The van der Waals surface area contributed by atoms with Crippen LogP contribution in [0.2, 0.25) is 0 Å². The minimum Gasteiger partial charge on any atom is -0.497 e. The predicted molar refractivity (Wildman–Crippen MR) is 144 cm³/mol. The number of hydrogen-bond acceptors (Lipinski definition) is 5. The van der Waals surface area contributed by atoms with Gasteiger partial charge in [0.1, 0.15) is 11.6 Å². The zero-order valence-electron chi connectivity index (χ0n) is 19.9. The Bertz CT molecular complexity index is 894. The molecule has 0 bridgehead atoms. The maximum Gasteiger partial charge on any atom is 0.241 e. The number of nitrogens with zero attached hydrogens (tertiary/aromatic N) is 4. The van der Waals surface area contributed by atoms with Crippen LogP contribution in [-0.2, 0) is 11.3 Å². The number of amides is 1. The Labute approximate surface area is 213 Å². The number of anilines is 1. The molecular formula is C24H35IN6O2. The van der Waals surface area contributed by atoms with Crippen LogP contribution in [0.25, 0.3) is 0 Å². The van der Waals surface area contributed by atoms with Gasteiger partial charge < -0.3 is 25.2 Å². The molecule has 2 N–H and O–H groups in total. The van der Waals surface area contributed by atoms with E-state index in [1.54, 1.807) is 26.1 Å². The molecule has 1 aromatic heterocycles. The number of halogens is 1. The second-order valence-electron chi connectivity index (χ2n) is 8.25. The molecule has 0 aliphatic carbocycles. The van der Waals surface area contributed by atoms with Gasteiger partial charge in [0, 0.05) is 39.4 Å². The fraction of sp³-hybridized carbons (Fsp3) is 0.458. The molecule has 1 fully saturated rings. The summed E-state index contributed by atoms with van der Waals surface area (Å²) >= 11 is 0. The Balaban J connectivity index is 0.00000385. The Hall–Kier alpha value is -2.56.